The van der Waals surface area contributed by atoms with Gasteiger partial charge in [-0.2, -0.15) is 0 Å². The molecule has 0 amide bonds. The fourth-order valence-corrected chi connectivity index (χ4v) is 2.61. The van der Waals surface area contributed by atoms with Gasteiger partial charge in [-0.1, -0.05) is 30.3 Å². The first kappa shape index (κ1) is 15.8. The van der Waals surface area contributed by atoms with Crippen LogP contribution < -0.4 is 16.0 Å². The molecule has 0 unspecified atom stereocenters. The van der Waals surface area contributed by atoms with Gasteiger partial charge in [0.1, 0.15) is 12.0 Å². The Bertz CT molecular complexity index is 817. The molecule has 0 saturated carbocycles. The van der Waals surface area contributed by atoms with E-state index in [4.69, 9.17) is 5.73 Å². The standard InChI is InChI=1S/C19H21N5/c1-3-24(16-11-7-8-14(2)12-16)19-17(20)18(21-13-22-19)23-15-9-5-4-6-10-15/h4-13H,3,20H2,1-2H3,(H,21,22,23). The van der Waals surface area contributed by atoms with Crippen LogP contribution in [0.3, 0.4) is 0 Å². The summed E-state index contributed by atoms with van der Waals surface area (Å²) >= 11 is 0. The maximum Gasteiger partial charge on any atom is 0.161 e. The lowest BCUT2D eigenvalue weighted by Crippen LogP contribution is -2.20. The molecule has 24 heavy (non-hydrogen) atoms. The van der Waals surface area contributed by atoms with Crippen LogP contribution in [0.4, 0.5) is 28.7 Å². The molecule has 5 heteroatoms. The van der Waals surface area contributed by atoms with E-state index < -0.39 is 0 Å². The third kappa shape index (κ3) is 3.30. The maximum absolute atomic E-state index is 6.35. The van der Waals surface area contributed by atoms with E-state index in [1.165, 1.54) is 11.9 Å². The van der Waals surface area contributed by atoms with E-state index >= 15 is 0 Å². The molecule has 0 spiro atoms. The first-order valence-corrected chi connectivity index (χ1v) is 7.95. The van der Waals surface area contributed by atoms with Gasteiger partial charge < -0.3 is 16.0 Å². The summed E-state index contributed by atoms with van der Waals surface area (Å²) in [5.74, 6) is 1.31. The van der Waals surface area contributed by atoms with Crippen molar-refractivity contribution in [2.75, 3.05) is 22.5 Å². The van der Waals surface area contributed by atoms with Crippen LogP contribution in [0.15, 0.2) is 60.9 Å². The summed E-state index contributed by atoms with van der Waals surface area (Å²) in [6, 6.07) is 18.1. The average molecular weight is 319 g/mol. The zero-order chi connectivity index (χ0) is 16.9. The van der Waals surface area contributed by atoms with Crippen molar-refractivity contribution in [3.8, 4) is 0 Å². The second-order valence-electron chi connectivity index (χ2n) is 5.53. The van der Waals surface area contributed by atoms with Gasteiger partial charge in [0, 0.05) is 17.9 Å². The van der Waals surface area contributed by atoms with Gasteiger partial charge >= 0.3 is 0 Å². The monoisotopic (exact) mass is 319 g/mol. The summed E-state index contributed by atoms with van der Waals surface area (Å²) in [6.07, 6.45) is 1.54. The predicted octanol–water partition coefficient (Wildman–Crippen LogP) is 4.27. The van der Waals surface area contributed by atoms with E-state index in [0.29, 0.717) is 17.3 Å². The summed E-state index contributed by atoms with van der Waals surface area (Å²) in [5.41, 5.74) is 10.1. The lowest BCUT2D eigenvalue weighted by Gasteiger charge is -2.24. The topological polar surface area (TPSA) is 67.1 Å². The number of rotatable bonds is 5. The van der Waals surface area contributed by atoms with Gasteiger partial charge in [-0.3, -0.25) is 0 Å². The normalized spacial score (nSPS) is 10.4. The van der Waals surface area contributed by atoms with Gasteiger partial charge in [0.15, 0.2) is 11.6 Å². The number of para-hydroxylation sites is 1. The molecular weight excluding hydrogens is 298 g/mol. The number of nitrogens with two attached hydrogens (primary N) is 1. The summed E-state index contributed by atoms with van der Waals surface area (Å²) in [7, 11) is 0. The Morgan fingerprint density at radius 3 is 2.54 bits per heavy atom. The highest BCUT2D eigenvalue weighted by Crippen LogP contribution is 2.33. The minimum Gasteiger partial charge on any atom is -0.393 e. The van der Waals surface area contributed by atoms with Crippen LogP contribution in [0.25, 0.3) is 0 Å². The van der Waals surface area contributed by atoms with Crippen LogP contribution in [-0.4, -0.2) is 16.5 Å². The molecule has 5 nitrogen and oxygen atoms in total. The second-order valence-corrected chi connectivity index (χ2v) is 5.53. The Morgan fingerprint density at radius 1 is 1.04 bits per heavy atom. The third-order valence-corrected chi connectivity index (χ3v) is 3.78. The number of nitrogens with zero attached hydrogens (tertiary/aromatic N) is 3. The fraction of sp³-hybridized carbons (Fsp3) is 0.158. The lowest BCUT2D eigenvalue weighted by molar-refractivity contribution is 0.979. The molecule has 3 aromatic rings. The molecule has 0 bridgehead atoms. The molecule has 122 valence electrons. The van der Waals surface area contributed by atoms with Crippen LogP contribution in [0, 0.1) is 6.92 Å². The van der Waals surface area contributed by atoms with Crippen LogP contribution in [0.2, 0.25) is 0 Å². The first-order chi connectivity index (χ1) is 11.7. The van der Waals surface area contributed by atoms with Crippen molar-refractivity contribution < 1.29 is 0 Å². The van der Waals surface area contributed by atoms with Crippen molar-refractivity contribution in [3.63, 3.8) is 0 Å². The number of anilines is 5. The number of aromatic nitrogens is 2. The van der Waals surface area contributed by atoms with E-state index in [1.807, 2.05) is 36.4 Å². The number of hydrogen-bond acceptors (Lipinski definition) is 5. The van der Waals surface area contributed by atoms with Crippen LogP contribution in [0.5, 0.6) is 0 Å². The van der Waals surface area contributed by atoms with Crippen molar-refractivity contribution in [1.29, 1.82) is 0 Å². The molecule has 2 aromatic carbocycles. The largest absolute Gasteiger partial charge is 0.393 e. The summed E-state index contributed by atoms with van der Waals surface area (Å²) in [5, 5.41) is 3.25. The van der Waals surface area contributed by atoms with Gasteiger partial charge in [-0.05, 0) is 43.7 Å². The van der Waals surface area contributed by atoms with Gasteiger partial charge in [0.05, 0.1) is 0 Å². The van der Waals surface area contributed by atoms with E-state index in [0.717, 1.165) is 17.9 Å². The van der Waals surface area contributed by atoms with Gasteiger partial charge in [0.2, 0.25) is 0 Å². The average Bonchev–Trinajstić information content (AvgIpc) is 2.60. The first-order valence-electron chi connectivity index (χ1n) is 7.95. The molecule has 0 atom stereocenters. The van der Waals surface area contributed by atoms with Crippen LogP contribution in [0.1, 0.15) is 12.5 Å². The molecule has 0 saturated heterocycles. The predicted molar refractivity (Wildman–Crippen MR) is 100 cm³/mol. The molecule has 0 aliphatic rings. The number of benzene rings is 2. The smallest absolute Gasteiger partial charge is 0.161 e. The third-order valence-electron chi connectivity index (χ3n) is 3.78. The molecule has 0 radical (unpaired) electrons. The maximum atomic E-state index is 6.35. The quantitative estimate of drug-likeness (QED) is 0.735. The minimum absolute atomic E-state index is 0.532. The van der Waals surface area contributed by atoms with Crippen LogP contribution in [-0.2, 0) is 0 Å². The van der Waals surface area contributed by atoms with Crippen LogP contribution >= 0.6 is 0 Å². The summed E-state index contributed by atoms with van der Waals surface area (Å²) < 4.78 is 0. The molecule has 3 rings (SSSR count). The van der Waals surface area contributed by atoms with Gasteiger partial charge in [-0.15, -0.1) is 0 Å². The highest BCUT2D eigenvalue weighted by molar-refractivity contribution is 5.81. The van der Waals surface area contributed by atoms with Gasteiger partial charge in [-0.25, -0.2) is 9.97 Å². The zero-order valence-corrected chi connectivity index (χ0v) is 13.9. The fourth-order valence-electron chi connectivity index (χ4n) is 2.61. The number of nitrogens with one attached hydrogen (secondary N) is 1. The molecule has 0 fully saturated rings. The molecular formula is C19H21N5. The Kier molecular flexibility index (Phi) is 4.61. The van der Waals surface area contributed by atoms with Crippen molar-refractivity contribution in [3.05, 3.63) is 66.5 Å². The van der Waals surface area contributed by atoms with Crippen molar-refractivity contribution in [2.24, 2.45) is 0 Å². The van der Waals surface area contributed by atoms with E-state index in [9.17, 15) is 0 Å². The minimum atomic E-state index is 0.532. The summed E-state index contributed by atoms with van der Waals surface area (Å²) in [4.78, 5) is 10.8. The molecule has 1 heterocycles. The molecule has 0 aliphatic heterocycles. The molecule has 3 N–H and O–H groups in total. The SMILES string of the molecule is CCN(c1cccc(C)c1)c1ncnc(Nc2ccccc2)c1N. The highest BCUT2D eigenvalue weighted by atomic mass is 15.2. The lowest BCUT2D eigenvalue weighted by atomic mass is 10.2. The van der Waals surface area contributed by atoms with Crippen molar-refractivity contribution in [1.82, 2.24) is 9.97 Å². The highest BCUT2D eigenvalue weighted by Gasteiger charge is 2.15. The van der Waals surface area contributed by atoms with E-state index in [1.54, 1.807) is 0 Å². The van der Waals surface area contributed by atoms with E-state index in [2.05, 4.69) is 52.2 Å². The molecule has 1 aromatic heterocycles. The Hall–Kier alpha value is -3.08. The van der Waals surface area contributed by atoms with Gasteiger partial charge in [0.25, 0.3) is 0 Å². The van der Waals surface area contributed by atoms with E-state index in [-0.39, 0.29) is 0 Å². The van der Waals surface area contributed by atoms with Crippen molar-refractivity contribution in [2.45, 2.75) is 13.8 Å². The van der Waals surface area contributed by atoms with Crippen molar-refractivity contribution >= 4 is 28.7 Å². The summed E-state index contributed by atoms with van der Waals surface area (Å²) in [6.45, 7) is 4.91. The number of aryl methyl sites for hydroxylation is 1. The number of nitrogen functional groups attached to an aromatic ring is 1. The molecule has 0 aliphatic carbocycles. The Balaban J connectivity index is 1.97. The second kappa shape index (κ2) is 7.00. The Labute approximate surface area is 142 Å². The Morgan fingerprint density at radius 2 is 1.83 bits per heavy atom. The zero-order valence-electron chi connectivity index (χ0n) is 13.9. The number of hydrogen-bond donors (Lipinski definition) is 2.